The van der Waals surface area contributed by atoms with Crippen LogP contribution in [0.15, 0.2) is 41.7 Å². The number of Topliss-reactive ketones (excluding diaryl/α,β-unsaturated/α-hetero) is 1. The van der Waals surface area contributed by atoms with Gasteiger partial charge in [0.25, 0.3) is 0 Å². The topological polar surface area (TPSA) is 125 Å². The Morgan fingerprint density at radius 1 is 1.54 bits per heavy atom. The molecule has 1 aliphatic heterocycles. The minimum absolute atomic E-state index is 0.0592. The maximum absolute atomic E-state index is 12.3. The third-order valence-corrected chi connectivity index (χ3v) is 3.43. The van der Waals surface area contributed by atoms with Gasteiger partial charge in [0.15, 0.2) is 11.3 Å². The molecule has 0 saturated heterocycles. The van der Waals surface area contributed by atoms with Gasteiger partial charge < -0.3 is 25.3 Å². The average molecular weight is 329 g/mol. The van der Waals surface area contributed by atoms with Crippen LogP contribution in [0.4, 0.5) is 0 Å². The molecule has 1 atom stereocenters. The summed E-state index contributed by atoms with van der Waals surface area (Å²) in [6.45, 7) is 1.59. The van der Waals surface area contributed by atoms with Crippen LogP contribution < -0.4 is 5.32 Å². The predicted octanol–water partition coefficient (Wildman–Crippen LogP) is 0.770. The Kier molecular flexibility index (Phi) is 4.05. The molecule has 1 unspecified atom stereocenters. The van der Waals surface area contributed by atoms with Crippen molar-refractivity contribution < 1.29 is 24.5 Å². The van der Waals surface area contributed by atoms with Gasteiger partial charge in [0.2, 0.25) is 11.7 Å². The summed E-state index contributed by atoms with van der Waals surface area (Å²) < 4.78 is 5.37. The fourth-order valence-electron chi connectivity index (χ4n) is 2.33. The normalized spacial score (nSPS) is 17.4. The van der Waals surface area contributed by atoms with E-state index in [4.69, 9.17) is 4.74 Å². The van der Waals surface area contributed by atoms with Gasteiger partial charge in [-0.3, -0.25) is 4.79 Å². The average Bonchev–Trinajstić information content (AvgIpc) is 3.08. The first-order valence-electron chi connectivity index (χ1n) is 7.23. The van der Waals surface area contributed by atoms with E-state index < -0.39 is 23.4 Å². The molecule has 8 heteroatoms. The Morgan fingerprint density at radius 2 is 2.33 bits per heavy atom. The molecule has 0 amide bonds. The van der Waals surface area contributed by atoms with E-state index in [1.54, 1.807) is 18.5 Å². The summed E-state index contributed by atoms with van der Waals surface area (Å²) in [5, 5.41) is 21.9. The fourth-order valence-corrected chi connectivity index (χ4v) is 2.33. The second-order valence-corrected chi connectivity index (χ2v) is 5.32. The van der Waals surface area contributed by atoms with E-state index in [2.05, 4.69) is 15.3 Å². The van der Waals surface area contributed by atoms with Crippen molar-refractivity contribution in [2.45, 2.75) is 13.0 Å². The van der Waals surface area contributed by atoms with E-state index in [9.17, 15) is 19.8 Å². The maximum atomic E-state index is 12.3. The number of H-pyrrole nitrogens is 1. The van der Waals surface area contributed by atoms with Gasteiger partial charge in [-0.25, -0.2) is 9.78 Å². The predicted molar refractivity (Wildman–Crippen MR) is 84.5 cm³/mol. The van der Waals surface area contributed by atoms with Gasteiger partial charge in [0.05, 0.1) is 6.10 Å². The third-order valence-electron chi connectivity index (χ3n) is 3.43. The zero-order valence-corrected chi connectivity index (χ0v) is 12.7. The van der Waals surface area contributed by atoms with Crippen LogP contribution in [0.2, 0.25) is 0 Å². The van der Waals surface area contributed by atoms with Gasteiger partial charge in [0, 0.05) is 29.9 Å². The van der Waals surface area contributed by atoms with Crippen LogP contribution >= 0.6 is 0 Å². The number of carboxylic acid groups (broad SMARTS) is 1. The number of hydrogen-bond donors (Lipinski definition) is 4. The van der Waals surface area contributed by atoms with Crippen molar-refractivity contribution in [2.75, 3.05) is 6.54 Å². The molecule has 24 heavy (non-hydrogen) atoms. The van der Waals surface area contributed by atoms with Gasteiger partial charge in [-0.15, -0.1) is 0 Å². The quantitative estimate of drug-likeness (QED) is 0.472. The van der Waals surface area contributed by atoms with Crippen LogP contribution in [0.5, 0.6) is 0 Å². The van der Waals surface area contributed by atoms with Crippen LogP contribution in [0.3, 0.4) is 0 Å². The summed E-state index contributed by atoms with van der Waals surface area (Å²) in [5.41, 5.74) is 0.816. The van der Waals surface area contributed by atoms with E-state index in [1.807, 2.05) is 6.07 Å². The van der Waals surface area contributed by atoms with E-state index in [-0.39, 0.29) is 18.2 Å². The molecule has 2 aromatic heterocycles. The summed E-state index contributed by atoms with van der Waals surface area (Å²) in [6, 6.07) is 3.58. The number of carboxylic acids is 1. The zero-order chi connectivity index (χ0) is 17.3. The van der Waals surface area contributed by atoms with Crippen molar-refractivity contribution in [1.82, 2.24) is 15.3 Å². The molecule has 0 bridgehead atoms. The number of allylic oxidation sites excluding steroid dienone is 1. The Labute approximate surface area is 136 Å². The van der Waals surface area contributed by atoms with Crippen LogP contribution in [-0.2, 0) is 14.3 Å². The minimum Gasteiger partial charge on any atom is -0.477 e. The smallest absolute Gasteiger partial charge is 0.345 e. The SMILES string of the molecule is CC(O)CNC1=C(C(=O)O)C(=O)C(=Cc2c[nH]c3ncccc23)O1. The Morgan fingerprint density at radius 3 is 3.04 bits per heavy atom. The van der Waals surface area contributed by atoms with Crippen molar-refractivity contribution in [3.63, 3.8) is 0 Å². The third kappa shape index (κ3) is 2.86. The molecule has 0 saturated carbocycles. The number of rotatable bonds is 5. The lowest BCUT2D eigenvalue weighted by molar-refractivity contribution is -0.134. The lowest BCUT2D eigenvalue weighted by Gasteiger charge is -2.09. The Balaban J connectivity index is 1.93. The molecule has 0 fully saturated rings. The lowest BCUT2D eigenvalue weighted by atomic mass is 10.1. The molecule has 124 valence electrons. The number of aromatic nitrogens is 2. The van der Waals surface area contributed by atoms with Crippen LogP contribution in [0.25, 0.3) is 17.1 Å². The molecule has 3 rings (SSSR count). The highest BCUT2D eigenvalue weighted by Crippen LogP contribution is 2.27. The van der Waals surface area contributed by atoms with Crippen LogP contribution in [0.1, 0.15) is 12.5 Å². The van der Waals surface area contributed by atoms with E-state index in [1.165, 1.54) is 13.0 Å². The first-order valence-corrected chi connectivity index (χ1v) is 7.23. The van der Waals surface area contributed by atoms with Gasteiger partial charge in [0.1, 0.15) is 5.65 Å². The number of fused-ring (bicyclic) bond motifs is 1. The van der Waals surface area contributed by atoms with E-state index in [0.29, 0.717) is 11.2 Å². The second-order valence-electron chi connectivity index (χ2n) is 5.32. The number of pyridine rings is 1. The summed E-state index contributed by atoms with van der Waals surface area (Å²) in [6.07, 6.45) is 4.03. The van der Waals surface area contributed by atoms with Gasteiger partial charge in [-0.2, -0.15) is 0 Å². The number of carbonyl (C=O) groups excluding carboxylic acids is 1. The fraction of sp³-hybridized carbons (Fsp3) is 0.188. The number of nitrogens with one attached hydrogen (secondary N) is 2. The van der Waals surface area contributed by atoms with Gasteiger partial charge in [-0.05, 0) is 25.1 Å². The van der Waals surface area contributed by atoms with Crippen molar-refractivity contribution in [2.24, 2.45) is 0 Å². The van der Waals surface area contributed by atoms with Gasteiger partial charge >= 0.3 is 5.97 Å². The number of ketones is 1. The standard InChI is InChI=1S/C16H15N3O5/c1-8(20)6-19-15-12(16(22)23)13(21)11(24-15)5-9-7-18-14-10(9)3-2-4-17-14/h2-5,7-8,19-20H,6H2,1H3,(H,17,18)(H,22,23). The van der Waals surface area contributed by atoms with E-state index >= 15 is 0 Å². The van der Waals surface area contributed by atoms with Crippen molar-refractivity contribution in [1.29, 1.82) is 0 Å². The largest absolute Gasteiger partial charge is 0.477 e. The molecular weight excluding hydrogens is 314 g/mol. The molecule has 0 radical (unpaired) electrons. The number of nitrogens with zero attached hydrogens (tertiary/aromatic N) is 1. The summed E-state index contributed by atoms with van der Waals surface area (Å²) in [7, 11) is 0. The Hall–Kier alpha value is -3.13. The lowest BCUT2D eigenvalue weighted by Crippen LogP contribution is -2.25. The monoisotopic (exact) mass is 329 g/mol. The molecular formula is C16H15N3O5. The van der Waals surface area contributed by atoms with Crippen LogP contribution in [0, 0.1) is 0 Å². The first kappa shape index (κ1) is 15.8. The number of aliphatic hydroxyl groups is 1. The summed E-state index contributed by atoms with van der Waals surface area (Å²) in [4.78, 5) is 30.7. The minimum atomic E-state index is -1.39. The number of aliphatic hydroxyl groups excluding tert-OH is 1. The molecule has 0 spiro atoms. The molecule has 3 heterocycles. The summed E-state index contributed by atoms with van der Waals surface area (Å²) in [5.74, 6) is -2.39. The van der Waals surface area contributed by atoms with Crippen molar-refractivity contribution >= 4 is 28.9 Å². The van der Waals surface area contributed by atoms with E-state index in [0.717, 1.165) is 5.39 Å². The zero-order valence-electron chi connectivity index (χ0n) is 12.7. The number of aromatic amines is 1. The molecule has 0 aliphatic carbocycles. The Bertz CT molecular complexity index is 879. The molecule has 0 aromatic carbocycles. The van der Waals surface area contributed by atoms with Crippen molar-refractivity contribution in [3.05, 3.63) is 47.3 Å². The molecule has 4 N–H and O–H groups in total. The number of ether oxygens (including phenoxy) is 1. The van der Waals surface area contributed by atoms with Gasteiger partial charge in [-0.1, -0.05) is 0 Å². The number of aliphatic carboxylic acids is 1. The number of carbonyl (C=O) groups is 2. The highest BCUT2D eigenvalue weighted by atomic mass is 16.5. The second kappa shape index (κ2) is 6.17. The summed E-state index contributed by atoms with van der Waals surface area (Å²) >= 11 is 0. The highest BCUT2D eigenvalue weighted by Gasteiger charge is 2.35. The molecule has 2 aromatic rings. The highest BCUT2D eigenvalue weighted by molar-refractivity contribution is 6.26. The van der Waals surface area contributed by atoms with Crippen molar-refractivity contribution in [3.8, 4) is 0 Å². The molecule has 8 nitrogen and oxygen atoms in total. The number of hydrogen-bond acceptors (Lipinski definition) is 6. The van der Waals surface area contributed by atoms with Crippen LogP contribution in [-0.4, -0.2) is 44.6 Å². The first-order chi connectivity index (χ1) is 11.5. The molecule has 1 aliphatic rings. The maximum Gasteiger partial charge on any atom is 0.345 e.